The van der Waals surface area contributed by atoms with E-state index in [1.165, 1.54) is 16.2 Å². The third-order valence-corrected chi connectivity index (χ3v) is 6.91. The summed E-state index contributed by atoms with van der Waals surface area (Å²) in [6, 6.07) is 5.79. The Bertz CT molecular complexity index is 994. The first-order chi connectivity index (χ1) is 14.0. The van der Waals surface area contributed by atoms with Crippen LogP contribution in [0.1, 0.15) is 29.2 Å². The van der Waals surface area contributed by atoms with E-state index >= 15 is 0 Å². The summed E-state index contributed by atoms with van der Waals surface area (Å²) < 4.78 is 12.7. The minimum Gasteiger partial charge on any atom is -0.497 e. The molecule has 1 saturated heterocycles. The fourth-order valence-electron chi connectivity index (χ4n) is 4.21. The van der Waals surface area contributed by atoms with Crippen molar-refractivity contribution in [3.8, 4) is 17.4 Å². The summed E-state index contributed by atoms with van der Waals surface area (Å²) in [4.78, 5) is 9.05. The second-order valence-corrected chi connectivity index (χ2v) is 8.46. The van der Waals surface area contributed by atoms with Crippen LogP contribution in [0.15, 0.2) is 18.2 Å². The van der Waals surface area contributed by atoms with Crippen LogP contribution < -0.4 is 19.3 Å². The van der Waals surface area contributed by atoms with Gasteiger partial charge in [0.2, 0.25) is 10.8 Å². The number of aryl methyl sites for hydroxylation is 1. The quantitative estimate of drug-likeness (QED) is 0.512. The van der Waals surface area contributed by atoms with Crippen molar-refractivity contribution in [2.45, 2.75) is 19.9 Å². The summed E-state index contributed by atoms with van der Waals surface area (Å²) in [5.41, 5.74) is 1.01. The normalized spacial score (nSPS) is 20.7. The number of piperazine rings is 1. The van der Waals surface area contributed by atoms with E-state index in [0.717, 1.165) is 54.7 Å². The highest BCUT2D eigenvalue weighted by Gasteiger charge is 2.37. The van der Waals surface area contributed by atoms with Gasteiger partial charge in [0.25, 0.3) is 0 Å². The molecule has 2 aromatic heterocycles. The topological polar surface area (TPSA) is 77.8 Å². The van der Waals surface area contributed by atoms with E-state index < -0.39 is 0 Å². The van der Waals surface area contributed by atoms with Crippen molar-refractivity contribution in [3.63, 3.8) is 0 Å². The maximum absolute atomic E-state index is 11.0. The molecule has 1 atom stereocenters. The van der Waals surface area contributed by atoms with Crippen LogP contribution in [0, 0.1) is 6.92 Å². The summed E-state index contributed by atoms with van der Waals surface area (Å²) in [6.45, 7) is 9.45. The fraction of sp³-hybridized carbons (Fsp3) is 0.500. The summed E-state index contributed by atoms with van der Waals surface area (Å²) in [5, 5.41) is 15.4. The zero-order chi connectivity index (χ0) is 20.5. The monoisotopic (exact) mass is 419 g/mol. The molecule has 0 radical (unpaired) electrons. The first kappa shape index (κ1) is 19.9. The molecule has 0 unspecified atom stereocenters. The number of quaternary nitrogens is 2. The zero-order valence-corrected chi connectivity index (χ0v) is 18.2. The van der Waals surface area contributed by atoms with Gasteiger partial charge in [0.15, 0.2) is 6.04 Å². The summed E-state index contributed by atoms with van der Waals surface area (Å²) in [5.74, 6) is 2.39. The van der Waals surface area contributed by atoms with Crippen LogP contribution in [0.2, 0.25) is 0 Å². The smallest absolute Gasteiger partial charge is 0.235 e. The molecule has 3 aromatic rings. The molecule has 3 N–H and O–H groups in total. The number of benzene rings is 1. The highest BCUT2D eigenvalue weighted by Crippen LogP contribution is 2.39. The molecule has 3 heterocycles. The Labute approximate surface area is 174 Å². The lowest BCUT2D eigenvalue weighted by Gasteiger charge is -2.34. The van der Waals surface area contributed by atoms with Gasteiger partial charge in [-0.1, -0.05) is 11.3 Å². The lowest BCUT2D eigenvalue weighted by Crippen LogP contribution is -3.28. The summed E-state index contributed by atoms with van der Waals surface area (Å²) in [6.07, 6.45) is 0. The van der Waals surface area contributed by atoms with Crippen LogP contribution in [-0.2, 0) is 0 Å². The number of hydrogen-bond donors (Lipinski definition) is 3. The van der Waals surface area contributed by atoms with Gasteiger partial charge in [-0.15, -0.1) is 5.10 Å². The van der Waals surface area contributed by atoms with Gasteiger partial charge in [-0.05, 0) is 32.0 Å². The van der Waals surface area contributed by atoms with Crippen LogP contribution in [0.3, 0.4) is 0 Å². The molecule has 29 heavy (non-hydrogen) atoms. The van der Waals surface area contributed by atoms with E-state index in [9.17, 15) is 5.11 Å². The molecule has 1 aliphatic heterocycles. The van der Waals surface area contributed by atoms with Crippen molar-refractivity contribution >= 4 is 16.3 Å². The number of methoxy groups -OCH3 is 2. The molecule has 0 spiro atoms. The average Bonchev–Trinajstić information content (AvgIpc) is 3.25. The number of hydrogen-bond acceptors (Lipinski definition) is 6. The Balaban J connectivity index is 1.83. The molecule has 0 bridgehead atoms. The minimum absolute atomic E-state index is 0.0766. The standard InChI is InChI=1S/C20H27N5O3S/c1-5-23-8-10-24(11-9-23)17(15-12-14(27-3)6-7-16(15)28-4)18-19(26)25-20(29-18)21-13(2)22-25/h6-7,12,17,26H,5,8-11H2,1-4H3/p+2/t17-/m1/s1. The molecule has 0 amide bonds. The zero-order valence-electron chi connectivity index (χ0n) is 17.4. The third-order valence-electron chi connectivity index (χ3n) is 5.82. The van der Waals surface area contributed by atoms with Crippen LogP contribution in [-0.4, -0.2) is 66.6 Å². The van der Waals surface area contributed by atoms with Gasteiger partial charge in [-0.25, -0.2) is 4.98 Å². The number of aromatic hydroxyl groups is 1. The average molecular weight is 420 g/mol. The van der Waals surface area contributed by atoms with Gasteiger partial charge in [0.1, 0.15) is 48.4 Å². The Kier molecular flexibility index (Phi) is 5.62. The van der Waals surface area contributed by atoms with Crippen molar-refractivity contribution in [2.24, 2.45) is 0 Å². The van der Waals surface area contributed by atoms with Gasteiger partial charge in [-0.3, -0.25) is 0 Å². The van der Waals surface area contributed by atoms with E-state index in [4.69, 9.17) is 9.47 Å². The Morgan fingerprint density at radius 1 is 1.21 bits per heavy atom. The molecule has 9 heteroatoms. The summed E-state index contributed by atoms with van der Waals surface area (Å²) >= 11 is 1.50. The summed E-state index contributed by atoms with van der Waals surface area (Å²) in [7, 11) is 3.35. The molecule has 0 saturated carbocycles. The molecule has 156 valence electrons. The maximum Gasteiger partial charge on any atom is 0.235 e. The molecule has 4 rings (SSSR count). The van der Waals surface area contributed by atoms with Crippen molar-refractivity contribution < 1.29 is 24.4 Å². The van der Waals surface area contributed by atoms with E-state index in [1.807, 2.05) is 25.1 Å². The van der Waals surface area contributed by atoms with Crippen LogP contribution in [0.4, 0.5) is 0 Å². The van der Waals surface area contributed by atoms with Crippen LogP contribution in [0.5, 0.6) is 17.4 Å². The Morgan fingerprint density at radius 2 is 1.97 bits per heavy atom. The molecule has 0 aliphatic carbocycles. The number of thiazole rings is 1. The van der Waals surface area contributed by atoms with Gasteiger partial charge >= 0.3 is 0 Å². The van der Waals surface area contributed by atoms with Crippen LogP contribution in [0.25, 0.3) is 4.96 Å². The predicted molar refractivity (Wildman–Crippen MR) is 111 cm³/mol. The van der Waals surface area contributed by atoms with Crippen LogP contribution >= 0.6 is 11.3 Å². The fourth-order valence-corrected chi connectivity index (χ4v) is 5.39. The number of nitrogens with zero attached hydrogens (tertiary/aromatic N) is 3. The number of rotatable bonds is 6. The highest BCUT2D eigenvalue weighted by atomic mass is 32.1. The number of aromatic nitrogens is 3. The molecule has 1 fully saturated rings. The second-order valence-electron chi connectivity index (χ2n) is 7.45. The van der Waals surface area contributed by atoms with Crippen molar-refractivity contribution in [2.75, 3.05) is 46.9 Å². The molecule has 1 aliphatic rings. The number of likely N-dealkylation sites (N-methyl/N-ethyl adjacent to an activating group) is 1. The van der Waals surface area contributed by atoms with E-state index in [1.54, 1.807) is 23.6 Å². The molecule has 1 aromatic carbocycles. The lowest BCUT2D eigenvalue weighted by atomic mass is 10.0. The van der Waals surface area contributed by atoms with E-state index in [0.29, 0.717) is 10.8 Å². The van der Waals surface area contributed by atoms with Gasteiger partial charge in [0.05, 0.1) is 26.3 Å². The number of ether oxygens (including phenoxy) is 2. The predicted octanol–water partition coefficient (Wildman–Crippen LogP) is -0.285. The maximum atomic E-state index is 11.0. The minimum atomic E-state index is -0.0766. The second kappa shape index (κ2) is 8.17. The van der Waals surface area contributed by atoms with E-state index in [2.05, 4.69) is 17.0 Å². The van der Waals surface area contributed by atoms with Crippen molar-refractivity contribution in [1.29, 1.82) is 0 Å². The van der Waals surface area contributed by atoms with Crippen molar-refractivity contribution in [3.05, 3.63) is 34.5 Å². The lowest BCUT2D eigenvalue weighted by molar-refractivity contribution is -1.02. The van der Waals surface area contributed by atoms with Gasteiger partial charge < -0.3 is 24.4 Å². The third kappa shape index (κ3) is 3.65. The number of nitrogens with one attached hydrogen (secondary N) is 2. The molecular weight excluding hydrogens is 390 g/mol. The number of fused-ring (bicyclic) bond motifs is 1. The van der Waals surface area contributed by atoms with Gasteiger partial charge in [0, 0.05) is 0 Å². The first-order valence-electron chi connectivity index (χ1n) is 10.0. The molecular formula is C20H29N5O3S+2. The highest BCUT2D eigenvalue weighted by molar-refractivity contribution is 7.17. The van der Waals surface area contributed by atoms with Gasteiger partial charge in [-0.2, -0.15) is 4.52 Å². The molecule has 8 nitrogen and oxygen atoms in total. The van der Waals surface area contributed by atoms with E-state index in [-0.39, 0.29) is 11.9 Å². The Morgan fingerprint density at radius 3 is 2.59 bits per heavy atom. The SMILES string of the molecule is CC[NH+]1CC[NH+]([C@H](c2cc(OC)ccc2OC)c2sc3nc(C)nn3c2O)CC1. The largest absolute Gasteiger partial charge is 0.497 e. The van der Waals surface area contributed by atoms with Crippen molar-refractivity contribution in [1.82, 2.24) is 14.6 Å². The Hall–Kier alpha value is -2.36. The first-order valence-corrected chi connectivity index (χ1v) is 10.8.